The summed E-state index contributed by atoms with van der Waals surface area (Å²) in [5.41, 5.74) is 7.19. The average Bonchev–Trinajstić information content (AvgIpc) is 3.15. The maximum absolute atomic E-state index is 2.92. The Bertz CT molecular complexity index is 1430. The van der Waals surface area contributed by atoms with Crippen LogP contribution in [0.25, 0.3) is 0 Å². The molecule has 0 nitrogen and oxygen atoms in total. The average molecular weight is 857 g/mol. The van der Waals surface area contributed by atoms with E-state index in [0.717, 1.165) is 24.5 Å². The molecule has 1 aliphatic heterocycles. The highest BCUT2D eigenvalue weighted by atomic mass is 29.2. The van der Waals surface area contributed by atoms with Crippen molar-refractivity contribution in [2.45, 2.75) is 183 Å². The lowest BCUT2D eigenvalue weighted by Gasteiger charge is -2.54. The predicted molar refractivity (Wildman–Crippen MR) is 265 cm³/mol. The van der Waals surface area contributed by atoms with E-state index in [9.17, 15) is 0 Å². The van der Waals surface area contributed by atoms with Crippen LogP contribution in [-0.2, 0) is 6.42 Å². The Morgan fingerprint density at radius 1 is 0.490 bits per heavy atom. The van der Waals surface area contributed by atoms with Gasteiger partial charge in [-0.15, -0.1) is 0 Å². The lowest BCUT2D eigenvalue weighted by atomic mass is 10.1. The summed E-state index contributed by atoms with van der Waals surface area (Å²) >= 11 is 0. The molecule has 0 aromatic heterocycles. The Kier molecular flexibility index (Phi) is 13.1. The van der Waals surface area contributed by atoms with E-state index in [-0.39, 0.29) is 0 Å². The van der Waals surface area contributed by atoms with E-state index in [2.05, 4.69) is 194 Å². The quantitative estimate of drug-likeness (QED) is 0.176. The molecule has 0 atom stereocenters. The maximum atomic E-state index is 2.92. The monoisotopic (exact) mass is 855 g/mol. The SMILES string of the molecule is C[Si](C)(C)C(c1ccc2c(c1)[Si]([Si]c1c(C([Si](C)(C)C)[Si](C)(C)C)cccc1C([Si](C)(C)C)[Si](C)(C)C)C([Si](C)(C)C)([Si](C)(C)C)C2)[Si](C)(C)C. The number of hydrogen-bond acceptors (Lipinski definition) is 0. The minimum atomic E-state index is -1.61. The van der Waals surface area contributed by atoms with Crippen LogP contribution in [0.5, 0.6) is 0 Å². The van der Waals surface area contributed by atoms with Gasteiger partial charge >= 0.3 is 0 Å². The van der Waals surface area contributed by atoms with E-state index in [1.54, 1.807) is 11.1 Å². The first-order chi connectivity index (χ1) is 22.4. The molecule has 1 aliphatic rings. The van der Waals surface area contributed by atoms with Gasteiger partial charge in [0.05, 0.1) is 17.4 Å². The van der Waals surface area contributed by atoms with E-state index >= 15 is 0 Å². The fourth-order valence-electron chi connectivity index (χ4n) is 12.4. The third-order valence-electron chi connectivity index (χ3n) is 12.4. The lowest BCUT2D eigenvalue weighted by molar-refractivity contribution is 0.932. The molecule has 0 fully saturated rings. The molecule has 0 saturated carbocycles. The number of rotatable bonds is 13. The topological polar surface area (TPSA) is 0 Å². The van der Waals surface area contributed by atoms with Gasteiger partial charge in [0.2, 0.25) is 0 Å². The molecule has 51 heavy (non-hydrogen) atoms. The van der Waals surface area contributed by atoms with Crippen molar-refractivity contribution in [2.75, 3.05) is 0 Å². The van der Waals surface area contributed by atoms with E-state index in [4.69, 9.17) is 0 Å². The summed E-state index contributed by atoms with van der Waals surface area (Å²) in [5.74, 6) is 0. The summed E-state index contributed by atoms with van der Waals surface area (Å²) in [4.78, 5) is 0. The molecule has 2 aromatic rings. The molecule has 3 rings (SSSR count). The van der Waals surface area contributed by atoms with Crippen molar-refractivity contribution in [1.82, 2.24) is 0 Å². The molecule has 3 radical (unpaired) electrons. The van der Waals surface area contributed by atoms with E-state index in [1.165, 1.54) is 6.42 Å². The Labute approximate surface area is 331 Å². The third kappa shape index (κ3) is 9.43. The molecule has 0 amide bonds. The van der Waals surface area contributed by atoms with Gasteiger partial charge in [-0.05, 0) is 31.8 Å². The highest BCUT2D eigenvalue weighted by Crippen LogP contribution is 2.55. The van der Waals surface area contributed by atoms with Crippen molar-refractivity contribution in [3.8, 4) is 0 Å². The van der Waals surface area contributed by atoms with Gasteiger partial charge < -0.3 is 0 Å². The van der Waals surface area contributed by atoms with Crippen molar-refractivity contribution in [2.24, 2.45) is 0 Å². The molecule has 0 bridgehead atoms. The Hall–Kier alpha value is 0.609. The highest BCUT2D eigenvalue weighted by Gasteiger charge is 2.62. The van der Waals surface area contributed by atoms with Crippen LogP contribution >= 0.6 is 0 Å². The molecular formula is C41H83Si10. The fourth-order valence-corrected chi connectivity index (χ4v) is 83.0. The predicted octanol–water partition coefficient (Wildman–Crippen LogP) is 12.5. The maximum Gasteiger partial charge on any atom is 0.0794 e. The van der Waals surface area contributed by atoms with E-state index in [1.807, 2.05) is 21.5 Å². The first kappa shape index (κ1) is 46.0. The van der Waals surface area contributed by atoms with Crippen LogP contribution in [-0.4, -0.2) is 81.9 Å². The van der Waals surface area contributed by atoms with Gasteiger partial charge in [-0.2, -0.15) is 0 Å². The van der Waals surface area contributed by atoms with Crippen molar-refractivity contribution in [1.29, 1.82) is 0 Å². The zero-order valence-electron chi connectivity index (χ0n) is 38.4. The standard InChI is InChI=1S/C41H83Si10/c1-44(2,3)38(45(4,5)6)32-28-29-33-31-41(50(19,20)21,51(22,23)24)43(36(33)30-32)42-37-34(39(46(7,8)9)47(10,11)12)26-25-27-35(37)40(48(13,14)15)49(16,17)18/h25-30,38-40H,31H2,1-24H3. The first-order valence-electron chi connectivity index (χ1n) is 20.3. The van der Waals surface area contributed by atoms with Gasteiger partial charge in [-0.3, -0.25) is 0 Å². The minimum absolute atomic E-state index is 0.532. The van der Waals surface area contributed by atoms with E-state index in [0.29, 0.717) is 4.28 Å². The summed E-state index contributed by atoms with van der Waals surface area (Å²) in [7, 11) is -12.1. The molecule has 2 aromatic carbocycles. The summed E-state index contributed by atoms with van der Waals surface area (Å²) in [6.07, 6.45) is 1.37. The Morgan fingerprint density at radius 2 is 0.843 bits per heavy atom. The second-order valence-electron chi connectivity index (χ2n) is 25.3. The van der Waals surface area contributed by atoms with Crippen LogP contribution in [0.4, 0.5) is 0 Å². The van der Waals surface area contributed by atoms with Crippen molar-refractivity contribution >= 4 is 92.3 Å². The van der Waals surface area contributed by atoms with E-state index < -0.39 is 72.9 Å². The molecule has 0 aliphatic carbocycles. The summed E-state index contributed by atoms with van der Waals surface area (Å²) < 4.78 is 0.532. The molecule has 0 N–H and O–H groups in total. The first-order valence-corrected chi connectivity index (χ1v) is 52.3. The molecular weight excluding hydrogens is 773 g/mol. The number of hydrogen-bond donors (Lipinski definition) is 0. The normalized spacial score (nSPS) is 17.2. The van der Waals surface area contributed by atoms with Gasteiger partial charge in [0, 0.05) is 64.6 Å². The van der Waals surface area contributed by atoms with Gasteiger partial charge in [-0.1, -0.05) is 221 Å². The van der Waals surface area contributed by atoms with Gasteiger partial charge in [-0.25, -0.2) is 0 Å². The van der Waals surface area contributed by atoms with Crippen LogP contribution in [0.2, 0.25) is 161 Å². The molecule has 287 valence electrons. The Balaban J connectivity index is 2.61. The number of benzene rings is 2. The Morgan fingerprint density at radius 3 is 1.16 bits per heavy atom. The molecule has 0 saturated heterocycles. The third-order valence-corrected chi connectivity index (χ3v) is 64.4. The largest absolute Gasteiger partial charge is 0.0794 e. The molecule has 0 spiro atoms. The van der Waals surface area contributed by atoms with Crippen LogP contribution in [0.1, 0.15) is 37.7 Å². The van der Waals surface area contributed by atoms with Crippen molar-refractivity contribution in [3.63, 3.8) is 0 Å². The van der Waals surface area contributed by atoms with Crippen molar-refractivity contribution in [3.05, 3.63) is 58.7 Å². The van der Waals surface area contributed by atoms with Crippen molar-refractivity contribution < 1.29 is 0 Å². The second kappa shape index (κ2) is 14.5. The summed E-state index contributed by atoms with van der Waals surface area (Å²) in [6.45, 7) is 65.2. The molecule has 0 unspecified atom stereocenters. The van der Waals surface area contributed by atoms with Gasteiger partial charge in [0.1, 0.15) is 0 Å². The smallest absolute Gasteiger partial charge is 0.0696 e. The molecule has 10 heteroatoms. The van der Waals surface area contributed by atoms with Crippen LogP contribution in [0.3, 0.4) is 0 Å². The fraction of sp³-hybridized carbons (Fsp3) is 0.707. The lowest BCUT2D eigenvalue weighted by Crippen LogP contribution is -2.67. The zero-order chi connectivity index (χ0) is 39.9. The minimum Gasteiger partial charge on any atom is -0.0696 e. The summed E-state index contributed by atoms with van der Waals surface area (Å²) in [5, 5.41) is 6.18. The molecule has 1 heterocycles. The highest BCUT2D eigenvalue weighted by molar-refractivity contribution is 7.35. The van der Waals surface area contributed by atoms with Gasteiger partial charge in [0.25, 0.3) is 0 Å². The summed E-state index contributed by atoms with van der Waals surface area (Å²) in [6, 6.07) is 16.2. The van der Waals surface area contributed by atoms with Crippen LogP contribution < -0.4 is 10.4 Å². The zero-order valence-corrected chi connectivity index (χ0v) is 48.4. The van der Waals surface area contributed by atoms with Gasteiger partial charge in [0.15, 0.2) is 0 Å². The second-order valence-corrected chi connectivity index (χ2v) is 76.2. The number of fused-ring (bicyclic) bond motifs is 1. The van der Waals surface area contributed by atoms with Crippen LogP contribution in [0.15, 0.2) is 36.4 Å². The van der Waals surface area contributed by atoms with Crippen LogP contribution in [0, 0.1) is 0 Å².